The lowest BCUT2D eigenvalue weighted by atomic mass is 10.3. The van der Waals surface area contributed by atoms with Crippen LogP contribution in [-0.2, 0) is 10.0 Å². The lowest BCUT2D eigenvalue weighted by Gasteiger charge is -2.15. The van der Waals surface area contributed by atoms with Crippen molar-refractivity contribution < 1.29 is 17.7 Å². The van der Waals surface area contributed by atoms with Crippen LogP contribution in [0.2, 0.25) is 0 Å². The van der Waals surface area contributed by atoms with Crippen LogP contribution in [0.25, 0.3) is 0 Å². The van der Waals surface area contributed by atoms with Crippen molar-refractivity contribution in [3.63, 3.8) is 0 Å². The second-order valence-corrected chi connectivity index (χ2v) is 6.82. The highest BCUT2D eigenvalue weighted by Crippen LogP contribution is 2.27. The third-order valence-corrected chi connectivity index (χ3v) is 5.17. The summed E-state index contributed by atoms with van der Waals surface area (Å²) >= 11 is 5.98. The van der Waals surface area contributed by atoms with E-state index in [1.165, 1.54) is 0 Å². The van der Waals surface area contributed by atoms with Crippen molar-refractivity contribution in [2.45, 2.75) is 35.6 Å². The molecule has 1 aliphatic rings. The maximum Gasteiger partial charge on any atom is 0.306 e. The van der Waals surface area contributed by atoms with Crippen LogP contribution in [0.1, 0.15) is 19.3 Å². The Labute approximate surface area is 120 Å². The molecule has 0 aliphatic heterocycles. The number of nitrogens with zero attached hydrogens (tertiary/aromatic N) is 1. The number of benzene rings is 1. The highest BCUT2D eigenvalue weighted by atomic mass is 35.5. The van der Waals surface area contributed by atoms with Crippen LogP contribution in [-0.4, -0.2) is 24.8 Å². The molecule has 0 amide bonds. The minimum absolute atomic E-state index is 0.305. The van der Waals surface area contributed by atoms with E-state index in [0.29, 0.717) is 18.9 Å². The third-order valence-electron chi connectivity index (χ3n) is 3.16. The molecule has 6 nitrogen and oxygen atoms in total. The number of alkyl halides is 1. The van der Waals surface area contributed by atoms with E-state index in [9.17, 15) is 22.9 Å². The molecule has 110 valence electrons. The van der Waals surface area contributed by atoms with Crippen LogP contribution in [0, 0.1) is 15.9 Å². The normalized spacial score (nSPS) is 22.9. The van der Waals surface area contributed by atoms with E-state index in [2.05, 4.69) is 4.72 Å². The lowest BCUT2D eigenvalue weighted by molar-refractivity contribution is -0.387. The fourth-order valence-corrected chi connectivity index (χ4v) is 3.86. The molecule has 0 saturated heterocycles. The average molecular weight is 323 g/mol. The van der Waals surface area contributed by atoms with Gasteiger partial charge >= 0.3 is 5.69 Å². The van der Waals surface area contributed by atoms with E-state index in [4.69, 9.17) is 11.6 Å². The molecule has 1 aliphatic carbocycles. The van der Waals surface area contributed by atoms with Gasteiger partial charge < -0.3 is 0 Å². The first-order valence-corrected chi connectivity index (χ1v) is 7.83. The molecule has 1 saturated carbocycles. The van der Waals surface area contributed by atoms with Crippen LogP contribution in [0.5, 0.6) is 0 Å². The van der Waals surface area contributed by atoms with Crippen molar-refractivity contribution in [2.75, 3.05) is 0 Å². The molecular formula is C11H12ClFN2O4S. The number of rotatable bonds is 4. The maximum atomic E-state index is 13.2. The molecular weight excluding hydrogens is 311 g/mol. The zero-order valence-electron chi connectivity index (χ0n) is 10.3. The van der Waals surface area contributed by atoms with Gasteiger partial charge in [0.15, 0.2) is 0 Å². The minimum atomic E-state index is -3.95. The van der Waals surface area contributed by atoms with Gasteiger partial charge in [0.2, 0.25) is 15.8 Å². The molecule has 0 aromatic heterocycles. The van der Waals surface area contributed by atoms with Gasteiger partial charge in [-0.3, -0.25) is 10.1 Å². The number of sulfonamides is 1. The molecule has 2 unspecified atom stereocenters. The van der Waals surface area contributed by atoms with Crippen molar-refractivity contribution >= 4 is 27.3 Å². The van der Waals surface area contributed by atoms with Gasteiger partial charge in [-0.2, -0.15) is 4.39 Å². The summed E-state index contributed by atoms with van der Waals surface area (Å²) in [5.74, 6) is -1.08. The molecule has 2 rings (SSSR count). The fraction of sp³-hybridized carbons (Fsp3) is 0.455. The SMILES string of the molecule is O=[N+]([O-])c1cc(S(=O)(=O)NC2CCCC2Cl)ccc1F. The minimum Gasteiger partial charge on any atom is -0.258 e. The van der Waals surface area contributed by atoms with Gasteiger partial charge in [0.25, 0.3) is 0 Å². The number of nitrogens with one attached hydrogen (secondary N) is 1. The Balaban J connectivity index is 2.30. The van der Waals surface area contributed by atoms with Crippen LogP contribution in [0.3, 0.4) is 0 Å². The van der Waals surface area contributed by atoms with Gasteiger partial charge in [-0.25, -0.2) is 13.1 Å². The number of nitro benzene ring substituents is 1. The van der Waals surface area contributed by atoms with E-state index in [1.54, 1.807) is 0 Å². The van der Waals surface area contributed by atoms with Gasteiger partial charge in [0.05, 0.1) is 9.82 Å². The summed E-state index contributed by atoms with van der Waals surface area (Å²) in [6.45, 7) is 0. The molecule has 1 N–H and O–H groups in total. The Hall–Kier alpha value is -1.25. The second-order valence-electron chi connectivity index (χ2n) is 4.55. The van der Waals surface area contributed by atoms with E-state index >= 15 is 0 Å². The predicted octanol–water partition coefficient (Wildman–Crippen LogP) is 2.17. The molecule has 0 bridgehead atoms. The second kappa shape index (κ2) is 5.63. The van der Waals surface area contributed by atoms with Crippen LogP contribution in [0.15, 0.2) is 23.1 Å². The Morgan fingerprint density at radius 3 is 2.65 bits per heavy atom. The van der Waals surface area contributed by atoms with Crippen LogP contribution >= 0.6 is 11.6 Å². The van der Waals surface area contributed by atoms with Gasteiger partial charge in [-0.05, 0) is 25.0 Å². The number of halogens is 2. The number of hydrogen-bond acceptors (Lipinski definition) is 4. The molecule has 0 heterocycles. The number of nitro groups is 1. The Morgan fingerprint density at radius 2 is 2.10 bits per heavy atom. The molecule has 2 atom stereocenters. The summed E-state index contributed by atoms with van der Waals surface area (Å²) in [6.07, 6.45) is 2.12. The quantitative estimate of drug-likeness (QED) is 0.522. The topological polar surface area (TPSA) is 89.3 Å². The molecule has 1 aromatic carbocycles. The highest BCUT2D eigenvalue weighted by Gasteiger charge is 2.30. The predicted molar refractivity (Wildman–Crippen MR) is 70.7 cm³/mol. The Bertz CT molecular complexity index is 637. The van der Waals surface area contributed by atoms with E-state index < -0.39 is 32.5 Å². The van der Waals surface area contributed by atoms with E-state index in [-0.39, 0.29) is 10.3 Å². The third kappa shape index (κ3) is 3.08. The van der Waals surface area contributed by atoms with E-state index in [0.717, 1.165) is 18.6 Å². The lowest BCUT2D eigenvalue weighted by Crippen LogP contribution is -2.37. The molecule has 20 heavy (non-hydrogen) atoms. The molecule has 9 heteroatoms. The van der Waals surface area contributed by atoms with Crippen LogP contribution in [0.4, 0.5) is 10.1 Å². The standard InChI is InChI=1S/C11H12ClFN2O4S/c12-8-2-1-3-10(8)14-20(18,19)7-4-5-9(13)11(6-7)15(16)17/h4-6,8,10,14H,1-3H2. The van der Waals surface area contributed by atoms with E-state index in [1.807, 2.05) is 0 Å². The van der Waals surface area contributed by atoms with Gasteiger partial charge in [-0.15, -0.1) is 11.6 Å². The van der Waals surface area contributed by atoms with Crippen molar-refractivity contribution in [1.29, 1.82) is 0 Å². The summed E-state index contributed by atoms with van der Waals surface area (Å²) in [5, 5.41) is 10.3. The largest absolute Gasteiger partial charge is 0.306 e. The van der Waals surface area contributed by atoms with Gasteiger partial charge in [0, 0.05) is 17.5 Å². The summed E-state index contributed by atoms with van der Waals surface area (Å²) in [7, 11) is -3.95. The van der Waals surface area contributed by atoms with Crippen molar-refractivity contribution in [3.8, 4) is 0 Å². The molecule has 0 spiro atoms. The molecule has 1 aromatic rings. The van der Waals surface area contributed by atoms with Crippen LogP contribution < -0.4 is 4.72 Å². The first kappa shape index (κ1) is 15.1. The zero-order valence-corrected chi connectivity index (χ0v) is 11.8. The smallest absolute Gasteiger partial charge is 0.258 e. The summed E-state index contributed by atoms with van der Waals surface area (Å²) in [6, 6.07) is 2.05. The van der Waals surface area contributed by atoms with Crippen molar-refractivity contribution in [1.82, 2.24) is 4.72 Å². The Morgan fingerprint density at radius 1 is 1.40 bits per heavy atom. The van der Waals surface area contributed by atoms with Gasteiger partial charge in [-0.1, -0.05) is 6.42 Å². The van der Waals surface area contributed by atoms with Crippen molar-refractivity contribution in [2.24, 2.45) is 0 Å². The molecule has 1 fully saturated rings. The Kier molecular flexibility index (Phi) is 4.26. The molecule has 0 radical (unpaired) electrons. The first-order chi connectivity index (χ1) is 9.31. The highest BCUT2D eigenvalue weighted by molar-refractivity contribution is 7.89. The maximum absolute atomic E-state index is 13.2. The first-order valence-electron chi connectivity index (χ1n) is 5.91. The average Bonchev–Trinajstić information content (AvgIpc) is 2.74. The zero-order chi connectivity index (χ0) is 14.9. The van der Waals surface area contributed by atoms with Crippen molar-refractivity contribution in [3.05, 3.63) is 34.1 Å². The fourth-order valence-electron chi connectivity index (χ4n) is 2.11. The summed E-state index contributed by atoms with van der Waals surface area (Å²) in [4.78, 5) is 9.32. The van der Waals surface area contributed by atoms with Gasteiger partial charge in [0.1, 0.15) is 0 Å². The summed E-state index contributed by atoms with van der Waals surface area (Å²) in [5.41, 5.74) is -0.873. The monoisotopic (exact) mass is 322 g/mol. The summed E-state index contributed by atoms with van der Waals surface area (Å²) < 4.78 is 39.8. The number of hydrogen-bond donors (Lipinski definition) is 1.